The summed E-state index contributed by atoms with van der Waals surface area (Å²) in [4.78, 5) is 10.3. The van der Waals surface area contributed by atoms with E-state index in [1.54, 1.807) is 0 Å². The van der Waals surface area contributed by atoms with Crippen molar-refractivity contribution in [2.75, 3.05) is 0 Å². The van der Waals surface area contributed by atoms with Gasteiger partial charge in [-0.15, -0.1) is 0 Å². The number of nitrogens with one attached hydrogen (secondary N) is 1. The van der Waals surface area contributed by atoms with E-state index >= 15 is 0 Å². The molecule has 2 heterocycles. The number of rotatable bonds is 4. The van der Waals surface area contributed by atoms with Gasteiger partial charge in [-0.05, 0) is 68.2 Å². The molecule has 1 aliphatic rings. The van der Waals surface area contributed by atoms with Gasteiger partial charge in [-0.2, -0.15) is 0 Å². The third kappa shape index (κ3) is 4.53. The normalized spacial score (nSPS) is 14.7. The van der Waals surface area contributed by atoms with E-state index in [0.29, 0.717) is 5.84 Å². The smallest absolute Gasteiger partial charge is 0.159 e. The van der Waals surface area contributed by atoms with Gasteiger partial charge in [-0.25, -0.2) is 9.98 Å². The molecule has 1 atom stereocenters. The number of aliphatic imine (C=N–C) groups is 2. The zero-order valence-electron chi connectivity index (χ0n) is 26.6. The lowest BCUT2D eigenvalue weighted by Gasteiger charge is -2.24. The second-order valence-electron chi connectivity index (χ2n) is 12.7. The second-order valence-corrected chi connectivity index (χ2v) is 12.7. The lowest BCUT2D eigenvalue weighted by Crippen LogP contribution is -2.33. The van der Waals surface area contributed by atoms with E-state index in [1.807, 2.05) is 18.2 Å². The Hall–Kier alpha value is -6.52. The van der Waals surface area contributed by atoms with Crippen molar-refractivity contribution in [3.05, 3.63) is 187 Å². The summed E-state index contributed by atoms with van der Waals surface area (Å²) in [6, 6.07) is 60.4. The van der Waals surface area contributed by atoms with Crippen LogP contribution < -0.4 is 5.32 Å². The van der Waals surface area contributed by atoms with Crippen LogP contribution in [-0.4, -0.2) is 16.2 Å². The standard InChI is InChI=1S/C45H30N4/c1-2-14-32(15-3-1)43-46-44(48-45(47-43)35-22-21-29-11-4-5-16-33(29)27-35)34-17-10-18-36(28-34)49-39-25-23-30-12-6-8-19-37(30)41(39)42-38-20-9-7-13-31(38)24-26-40(42)49/h1-28,44H,(H,46,47,48). The van der Waals surface area contributed by atoms with E-state index in [2.05, 4.69) is 162 Å². The van der Waals surface area contributed by atoms with Crippen LogP contribution in [-0.2, 0) is 0 Å². The van der Waals surface area contributed by atoms with Gasteiger partial charge >= 0.3 is 0 Å². The summed E-state index contributed by atoms with van der Waals surface area (Å²) in [6.45, 7) is 0. The Bertz CT molecular complexity index is 2710. The first kappa shape index (κ1) is 27.6. The minimum atomic E-state index is -0.330. The molecular formula is C45H30N4. The van der Waals surface area contributed by atoms with Crippen LogP contribution >= 0.6 is 0 Å². The van der Waals surface area contributed by atoms with Gasteiger partial charge in [0.15, 0.2) is 5.84 Å². The van der Waals surface area contributed by atoms with Gasteiger partial charge in [0.1, 0.15) is 12.0 Å². The van der Waals surface area contributed by atoms with E-state index < -0.39 is 0 Å². The van der Waals surface area contributed by atoms with E-state index in [0.717, 1.165) is 28.2 Å². The minimum Gasteiger partial charge on any atom is -0.344 e. The number of fused-ring (bicyclic) bond motifs is 8. The molecule has 1 unspecified atom stereocenters. The molecule has 9 aromatic rings. The van der Waals surface area contributed by atoms with Gasteiger partial charge < -0.3 is 9.88 Å². The van der Waals surface area contributed by atoms with Gasteiger partial charge in [-0.1, -0.05) is 140 Å². The van der Waals surface area contributed by atoms with Gasteiger partial charge in [-0.3, -0.25) is 0 Å². The number of hydrogen-bond acceptors (Lipinski definition) is 3. The summed E-state index contributed by atoms with van der Waals surface area (Å²) in [7, 11) is 0. The van der Waals surface area contributed by atoms with Crippen molar-refractivity contribution >= 4 is 65.8 Å². The molecule has 0 amide bonds. The van der Waals surface area contributed by atoms with Crippen molar-refractivity contribution in [2.45, 2.75) is 6.17 Å². The quantitative estimate of drug-likeness (QED) is 0.207. The Morgan fingerprint density at radius 2 is 1.08 bits per heavy atom. The lowest BCUT2D eigenvalue weighted by atomic mass is 10.00. The summed E-state index contributed by atoms with van der Waals surface area (Å²) in [5.41, 5.74) is 6.55. The molecule has 4 nitrogen and oxygen atoms in total. The monoisotopic (exact) mass is 626 g/mol. The van der Waals surface area contributed by atoms with Gasteiger partial charge in [0, 0.05) is 27.6 Å². The fourth-order valence-corrected chi connectivity index (χ4v) is 7.48. The largest absolute Gasteiger partial charge is 0.344 e. The zero-order valence-corrected chi connectivity index (χ0v) is 26.6. The van der Waals surface area contributed by atoms with Crippen molar-refractivity contribution in [2.24, 2.45) is 9.98 Å². The van der Waals surface area contributed by atoms with Crippen LogP contribution in [0, 0.1) is 0 Å². The molecule has 8 aromatic carbocycles. The molecule has 0 aliphatic carbocycles. The highest BCUT2D eigenvalue weighted by Gasteiger charge is 2.23. The number of nitrogens with zero attached hydrogens (tertiary/aromatic N) is 3. The third-order valence-electron chi connectivity index (χ3n) is 9.79. The maximum atomic E-state index is 5.20. The molecule has 10 rings (SSSR count). The summed E-state index contributed by atoms with van der Waals surface area (Å²) in [5.74, 6) is 1.53. The molecule has 230 valence electrons. The zero-order chi connectivity index (χ0) is 32.3. The number of hydrogen-bond donors (Lipinski definition) is 1. The van der Waals surface area contributed by atoms with Crippen LogP contribution in [0.15, 0.2) is 180 Å². The Labute approximate surface area is 283 Å². The fraction of sp³-hybridized carbons (Fsp3) is 0.0222. The molecular weight excluding hydrogens is 597 g/mol. The SMILES string of the molecule is c1ccc(C2=NC(c3cccc(-n4c5ccc6ccccc6c5c5c6ccccc6ccc54)c3)NC(c3ccc4ccccc4c3)=N2)cc1. The fourth-order valence-electron chi connectivity index (χ4n) is 7.48. The van der Waals surface area contributed by atoms with Crippen LogP contribution in [0.3, 0.4) is 0 Å². The summed E-state index contributed by atoms with van der Waals surface area (Å²) >= 11 is 0. The van der Waals surface area contributed by atoms with Crippen LogP contribution in [0.1, 0.15) is 22.9 Å². The van der Waals surface area contributed by atoms with Crippen molar-refractivity contribution in [3.8, 4) is 5.69 Å². The highest BCUT2D eigenvalue weighted by atomic mass is 15.2. The summed E-state index contributed by atoms with van der Waals surface area (Å²) < 4.78 is 2.41. The van der Waals surface area contributed by atoms with Crippen molar-refractivity contribution < 1.29 is 0 Å². The Morgan fingerprint density at radius 3 is 1.80 bits per heavy atom. The van der Waals surface area contributed by atoms with Crippen molar-refractivity contribution in [1.29, 1.82) is 0 Å². The van der Waals surface area contributed by atoms with E-state index in [9.17, 15) is 0 Å². The lowest BCUT2D eigenvalue weighted by molar-refractivity contribution is 0.674. The van der Waals surface area contributed by atoms with E-state index in [1.165, 1.54) is 54.1 Å². The molecule has 0 saturated carbocycles. The average molecular weight is 627 g/mol. The number of benzene rings is 8. The molecule has 49 heavy (non-hydrogen) atoms. The van der Waals surface area contributed by atoms with Crippen LogP contribution in [0.4, 0.5) is 0 Å². The van der Waals surface area contributed by atoms with Crippen LogP contribution in [0.2, 0.25) is 0 Å². The Kier molecular flexibility index (Phi) is 6.21. The van der Waals surface area contributed by atoms with Gasteiger partial charge in [0.2, 0.25) is 0 Å². The summed E-state index contributed by atoms with van der Waals surface area (Å²) in [6.07, 6.45) is -0.330. The topological polar surface area (TPSA) is 41.7 Å². The molecule has 0 bridgehead atoms. The predicted molar refractivity (Wildman–Crippen MR) is 205 cm³/mol. The highest BCUT2D eigenvalue weighted by Crippen LogP contribution is 2.40. The van der Waals surface area contributed by atoms with Crippen LogP contribution in [0.5, 0.6) is 0 Å². The molecule has 0 saturated heterocycles. The third-order valence-corrected chi connectivity index (χ3v) is 9.79. The maximum absolute atomic E-state index is 5.20. The molecule has 0 spiro atoms. The van der Waals surface area contributed by atoms with Gasteiger partial charge in [0.25, 0.3) is 0 Å². The van der Waals surface area contributed by atoms with Gasteiger partial charge in [0.05, 0.1) is 11.0 Å². The first-order valence-electron chi connectivity index (χ1n) is 16.7. The molecule has 1 N–H and O–H groups in total. The minimum absolute atomic E-state index is 0.330. The predicted octanol–water partition coefficient (Wildman–Crippen LogP) is 10.7. The highest BCUT2D eigenvalue weighted by molar-refractivity contribution is 6.28. The second kappa shape index (κ2) is 11.0. The Balaban J connectivity index is 1.16. The molecule has 0 radical (unpaired) electrons. The summed E-state index contributed by atoms with van der Waals surface area (Å²) in [5, 5.41) is 13.6. The molecule has 0 fully saturated rings. The Morgan fingerprint density at radius 1 is 0.469 bits per heavy atom. The van der Waals surface area contributed by atoms with E-state index in [-0.39, 0.29) is 6.17 Å². The number of aromatic nitrogens is 1. The van der Waals surface area contributed by atoms with E-state index in [4.69, 9.17) is 9.98 Å². The number of amidine groups is 2. The molecule has 1 aliphatic heterocycles. The first-order valence-corrected chi connectivity index (χ1v) is 16.7. The van der Waals surface area contributed by atoms with Crippen LogP contribution in [0.25, 0.3) is 59.8 Å². The maximum Gasteiger partial charge on any atom is 0.159 e. The average Bonchev–Trinajstić information content (AvgIpc) is 3.53. The first-order chi connectivity index (χ1) is 24.3. The molecule has 4 heteroatoms. The molecule has 1 aromatic heterocycles. The van der Waals surface area contributed by atoms with Crippen molar-refractivity contribution in [1.82, 2.24) is 9.88 Å². The van der Waals surface area contributed by atoms with Crippen molar-refractivity contribution in [3.63, 3.8) is 0 Å².